The van der Waals surface area contributed by atoms with E-state index < -0.39 is 0 Å². The Bertz CT molecular complexity index is 535. The fraction of sp³-hybridized carbons (Fsp3) is 0.467. The first-order chi connectivity index (χ1) is 10.5. The molecule has 22 heavy (non-hydrogen) atoms. The zero-order valence-corrected chi connectivity index (χ0v) is 14.6. The molecule has 0 aliphatic heterocycles. The predicted octanol–water partition coefficient (Wildman–Crippen LogP) is 2.11. The van der Waals surface area contributed by atoms with Crippen molar-refractivity contribution in [2.75, 3.05) is 26.8 Å². The number of nitrogens with one attached hydrogen (secondary N) is 2. The van der Waals surface area contributed by atoms with Crippen LogP contribution in [0.5, 0.6) is 11.5 Å². The minimum absolute atomic E-state index is 0.0635. The van der Waals surface area contributed by atoms with Crippen molar-refractivity contribution in [2.24, 2.45) is 0 Å². The van der Waals surface area contributed by atoms with Gasteiger partial charge in [-0.25, -0.2) is 0 Å². The van der Waals surface area contributed by atoms with Gasteiger partial charge in [-0.05, 0) is 41.4 Å². The fourth-order valence-electron chi connectivity index (χ4n) is 1.72. The lowest BCUT2D eigenvalue weighted by molar-refractivity contribution is -0.120. The highest BCUT2D eigenvalue weighted by Gasteiger charge is 2.15. The van der Waals surface area contributed by atoms with Crippen LogP contribution in [0.15, 0.2) is 16.6 Å². The third kappa shape index (κ3) is 5.22. The summed E-state index contributed by atoms with van der Waals surface area (Å²) >= 11 is 3.36. The molecule has 122 valence electrons. The summed E-state index contributed by atoms with van der Waals surface area (Å²) in [6.45, 7) is 4.84. The van der Waals surface area contributed by atoms with Gasteiger partial charge in [0, 0.05) is 12.1 Å². The molecular weight excluding hydrogens is 352 g/mol. The fourth-order valence-corrected chi connectivity index (χ4v) is 2.28. The first-order valence-corrected chi connectivity index (χ1v) is 7.87. The van der Waals surface area contributed by atoms with Crippen molar-refractivity contribution >= 4 is 27.7 Å². The van der Waals surface area contributed by atoms with E-state index in [1.807, 2.05) is 13.8 Å². The van der Waals surface area contributed by atoms with Crippen molar-refractivity contribution in [2.45, 2.75) is 20.3 Å². The highest BCUT2D eigenvalue weighted by atomic mass is 79.9. The molecule has 0 saturated carbocycles. The Morgan fingerprint density at radius 2 is 1.95 bits per heavy atom. The molecular formula is C15H21BrN2O4. The number of hydrogen-bond donors (Lipinski definition) is 2. The summed E-state index contributed by atoms with van der Waals surface area (Å²) in [5.74, 6) is 0.430. The Labute approximate surface area is 138 Å². The van der Waals surface area contributed by atoms with Crippen LogP contribution < -0.4 is 20.1 Å². The minimum atomic E-state index is -0.353. The molecule has 0 fully saturated rings. The Balaban J connectivity index is 2.77. The first kappa shape index (κ1) is 18.3. The second-order valence-corrected chi connectivity index (χ2v) is 5.31. The van der Waals surface area contributed by atoms with E-state index in [2.05, 4.69) is 26.6 Å². The molecule has 0 radical (unpaired) electrons. The molecule has 6 nitrogen and oxygen atoms in total. The van der Waals surface area contributed by atoms with Gasteiger partial charge in [-0.3, -0.25) is 9.59 Å². The third-order valence-electron chi connectivity index (χ3n) is 2.76. The first-order valence-electron chi connectivity index (χ1n) is 7.08. The van der Waals surface area contributed by atoms with E-state index in [0.29, 0.717) is 34.7 Å². The van der Waals surface area contributed by atoms with Gasteiger partial charge in [-0.2, -0.15) is 0 Å². The van der Waals surface area contributed by atoms with Gasteiger partial charge in [0.05, 0.1) is 24.7 Å². The average molecular weight is 373 g/mol. The molecule has 7 heteroatoms. The molecule has 0 bridgehead atoms. The van der Waals surface area contributed by atoms with Crippen LogP contribution in [-0.4, -0.2) is 38.6 Å². The molecule has 0 aromatic heterocycles. The van der Waals surface area contributed by atoms with Crippen LogP contribution in [0.25, 0.3) is 0 Å². The van der Waals surface area contributed by atoms with E-state index in [-0.39, 0.29) is 18.4 Å². The second-order valence-electron chi connectivity index (χ2n) is 4.46. The quantitative estimate of drug-likeness (QED) is 0.732. The number of carbonyl (C=O) groups is 2. The molecule has 0 atom stereocenters. The number of rotatable bonds is 8. The number of methoxy groups -OCH3 is 1. The normalized spacial score (nSPS) is 10.0. The van der Waals surface area contributed by atoms with Gasteiger partial charge in [0.25, 0.3) is 5.91 Å². The van der Waals surface area contributed by atoms with Crippen LogP contribution in [-0.2, 0) is 4.79 Å². The van der Waals surface area contributed by atoms with Crippen molar-refractivity contribution < 1.29 is 19.1 Å². The maximum atomic E-state index is 12.1. The number of carbonyl (C=O) groups excluding carboxylic acids is 2. The monoisotopic (exact) mass is 372 g/mol. The van der Waals surface area contributed by atoms with E-state index in [4.69, 9.17) is 9.47 Å². The molecule has 0 unspecified atom stereocenters. The van der Waals surface area contributed by atoms with Crippen molar-refractivity contribution in [3.05, 3.63) is 22.2 Å². The summed E-state index contributed by atoms with van der Waals surface area (Å²) in [7, 11) is 1.50. The van der Waals surface area contributed by atoms with E-state index in [1.54, 1.807) is 12.1 Å². The van der Waals surface area contributed by atoms with Gasteiger partial charge < -0.3 is 20.1 Å². The average Bonchev–Trinajstić information content (AvgIpc) is 2.52. The SMILES string of the molecule is CCCNC(=O)CNC(=O)c1cc(Br)c(OCC)c(OC)c1. The highest BCUT2D eigenvalue weighted by molar-refractivity contribution is 9.10. The molecule has 1 rings (SSSR count). The molecule has 1 aromatic rings. The summed E-state index contributed by atoms with van der Waals surface area (Å²) in [6.07, 6.45) is 0.850. The van der Waals surface area contributed by atoms with Gasteiger partial charge >= 0.3 is 0 Å². The number of ether oxygens (including phenoxy) is 2. The molecule has 0 aliphatic rings. The summed E-state index contributed by atoms with van der Waals surface area (Å²) in [6, 6.07) is 3.21. The van der Waals surface area contributed by atoms with Gasteiger partial charge in [0.2, 0.25) is 5.91 Å². The Morgan fingerprint density at radius 1 is 1.23 bits per heavy atom. The van der Waals surface area contributed by atoms with Crippen molar-refractivity contribution in [1.29, 1.82) is 0 Å². The van der Waals surface area contributed by atoms with E-state index in [0.717, 1.165) is 6.42 Å². The second kappa shape index (κ2) is 9.30. The van der Waals surface area contributed by atoms with Crippen LogP contribution in [0, 0.1) is 0 Å². The molecule has 0 saturated heterocycles. The number of halogens is 1. The minimum Gasteiger partial charge on any atom is -0.493 e. The summed E-state index contributed by atoms with van der Waals surface area (Å²) in [5.41, 5.74) is 0.385. The van der Waals surface area contributed by atoms with Gasteiger partial charge in [0.1, 0.15) is 0 Å². The summed E-state index contributed by atoms with van der Waals surface area (Å²) in [5, 5.41) is 5.26. The van der Waals surface area contributed by atoms with Crippen LogP contribution in [0.1, 0.15) is 30.6 Å². The van der Waals surface area contributed by atoms with Crippen LogP contribution >= 0.6 is 15.9 Å². The number of amides is 2. The molecule has 0 spiro atoms. The van der Waals surface area contributed by atoms with Crippen LogP contribution in [0.3, 0.4) is 0 Å². The highest BCUT2D eigenvalue weighted by Crippen LogP contribution is 2.36. The Kier molecular flexibility index (Phi) is 7.73. The predicted molar refractivity (Wildman–Crippen MR) is 87.5 cm³/mol. The summed E-state index contributed by atoms with van der Waals surface area (Å²) in [4.78, 5) is 23.6. The molecule has 0 heterocycles. The van der Waals surface area contributed by atoms with Gasteiger partial charge in [-0.1, -0.05) is 6.92 Å². The standard InChI is InChI=1S/C15H21BrN2O4/c1-4-6-17-13(19)9-18-15(20)10-7-11(16)14(22-5-2)12(8-10)21-3/h7-8H,4-6,9H2,1-3H3,(H,17,19)(H,18,20). The third-order valence-corrected chi connectivity index (χ3v) is 3.35. The molecule has 1 aromatic carbocycles. The van der Waals surface area contributed by atoms with Crippen LogP contribution in [0.4, 0.5) is 0 Å². The molecule has 2 amide bonds. The van der Waals surface area contributed by atoms with Crippen molar-refractivity contribution in [1.82, 2.24) is 10.6 Å². The molecule has 2 N–H and O–H groups in total. The number of hydrogen-bond acceptors (Lipinski definition) is 4. The van der Waals surface area contributed by atoms with E-state index >= 15 is 0 Å². The van der Waals surface area contributed by atoms with E-state index in [9.17, 15) is 9.59 Å². The number of benzene rings is 1. The van der Waals surface area contributed by atoms with Crippen molar-refractivity contribution in [3.8, 4) is 11.5 Å². The lowest BCUT2D eigenvalue weighted by Crippen LogP contribution is -2.37. The lowest BCUT2D eigenvalue weighted by Gasteiger charge is -2.13. The van der Waals surface area contributed by atoms with E-state index in [1.165, 1.54) is 7.11 Å². The van der Waals surface area contributed by atoms with Crippen LogP contribution in [0.2, 0.25) is 0 Å². The maximum absolute atomic E-state index is 12.1. The largest absolute Gasteiger partial charge is 0.493 e. The zero-order chi connectivity index (χ0) is 16.5. The van der Waals surface area contributed by atoms with Gasteiger partial charge in [-0.15, -0.1) is 0 Å². The lowest BCUT2D eigenvalue weighted by atomic mass is 10.2. The summed E-state index contributed by atoms with van der Waals surface area (Å²) < 4.78 is 11.3. The topological polar surface area (TPSA) is 76.7 Å². The van der Waals surface area contributed by atoms with Gasteiger partial charge in [0.15, 0.2) is 11.5 Å². The Morgan fingerprint density at radius 3 is 2.55 bits per heavy atom. The molecule has 0 aliphatic carbocycles. The van der Waals surface area contributed by atoms with Crippen molar-refractivity contribution in [3.63, 3.8) is 0 Å². The Hall–Kier alpha value is -1.76. The smallest absolute Gasteiger partial charge is 0.251 e. The zero-order valence-electron chi connectivity index (χ0n) is 13.0. The maximum Gasteiger partial charge on any atom is 0.251 e.